The lowest BCUT2D eigenvalue weighted by Crippen LogP contribution is -2.41. The topological polar surface area (TPSA) is 121 Å². The first-order valence-electron chi connectivity index (χ1n) is 11.7. The monoisotopic (exact) mass is 566 g/mol. The van der Waals surface area contributed by atoms with Gasteiger partial charge in [0.15, 0.2) is 11.6 Å². The van der Waals surface area contributed by atoms with Crippen LogP contribution in [0.4, 0.5) is 42.6 Å². The molecule has 3 N–H and O–H groups in total. The summed E-state index contributed by atoms with van der Waals surface area (Å²) in [6.07, 6.45) is -9.55. The van der Waals surface area contributed by atoms with Gasteiger partial charge in [-0.2, -0.15) is 26.3 Å². The molecular weight excluding hydrogens is 546 g/mol. The van der Waals surface area contributed by atoms with Gasteiger partial charge in [0.2, 0.25) is 0 Å². The van der Waals surface area contributed by atoms with Gasteiger partial charge in [-0.3, -0.25) is 19.9 Å². The molecule has 8 nitrogen and oxygen atoms in total. The van der Waals surface area contributed by atoms with Crippen molar-refractivity contribution >= 4 is 29.3 Å². The number of hydrogen-bond acceptors (Lipinski definition) is 5. The van der Waals surface area contributed by atoms with E-state index in [2.05, 4.69) is 20.6 Å². The number of ketones is 1. The largest absolute Gasteiger partial charge is 0.481 e. The second kappa shape index (κ2) is 10.6. The minimum atomic E-state index is -4.72. The van der Waals surface area contributed by atoms with Crippen LogP contribution in [0.3, 0.4) is 0 Å². The fraction of sp³-hybridized carbons (Fsp3) is 0.269. The number of aromatic nitrogens is 2. The third-order valence-electron chi connectivity index (χ3n) is 6.37. The molecular formula is C26H20F6N4O4. The van der Waals surface area contributed by atoms with Gasteiger partial charge in [0, 0.05) is 16.8 Å². The number of aryl methyl sites for hydroxylation is 1. The van der Waals surface area contributed by atoms with Crippen molar-refractivity contribution in [1.82, 2.24) is 9.97 Å². The Labute approximate surface area is 222 Å². The highest BCUT2D eigenvalue weighted by Crippen LogP contribution is 2.46. The van der Waals surface area contributed by atoms with E-state index in [4.69, 9.17) is 0 Å². The van der Waals surface area contributed by atoms with Gasteiger partial charge in [0.1, 0.15) is 0 Å². The highest BCUT2D eigenvalue weighted by molar-refractivity contribution is 6.04. The van der Waals surface area contributed by atoms with E-state index >= 15 is 0 Å². The van der Waals surface area contributed by atoms with Crippen molar-refractivity contribution in [1.29, 1.82) is 0 Å². The average Bonchev–Trinajstić information content (AvgIpc) is 2.85. The van der Waals surface area contributed by atoms with E-state index in [1.807, 2.05) is 0 Å². The minimum absolute atomic E-state index is 0.0120. The van der Waals surface area contributed by atoms with Crippen LogP contribution in [0.25, 0.3) is 11.3 Å². The van der Waals surface area contributed by atoms with Gasteiger partial charge < -0.3 is 10.4 Å². The van der Waals surface area contributed by atoms with Crippen molar-refractivity contribution in [2.75, 3.05) is 10.6 Å². The van der Waals surface area contributed by atoms with E-state index < -0.39 is 54.0 Å². The standard InChI is InChI=1S/C26H20F6N4O4/c27-25(28,29)13-24(10-21(37)38)7-6-14-8-15(4-5-18(14)22(24)39)19-11-34-20(12-33-19)36-23(40)35-17-3-1-2-16(9-17)26(30,31)32/h1-5,8-9,11-12H,6-7,10,13H2,(H,37,38)(H2,34,35,36,40)/t24-/m0/s1. The third kappa shape index (κ3) is 6.55. The number of fused-ring (bicyclic) bond motifs is 1. The lowest BCUT2D eigenvalue weighted by atomic mass is 9.66. The normalized spacial score (nSPS) is 17.2. The molecule has 210 valence electrons. The lowest BCUT2D eigenvalue weighted by molar-refractivity contribution is -0.160. The molecule has 1 aliphatic rings. The van der Waals surface area contributed by atoms with Gasteiger partial charge in [-0.05, 0) is 42.7 Å². The molecule has 4 rings (SSSR count). The summed E-state index contributed by atoms with van der Waals surface area (Å²) in [7, 11) is 0. The molecule has 14 heteroatoms. The van der Waals surface area contributed by atoms with Gasteiger partial charge in [-0.1, -0.05) is 18.2 Å². The number of alkyl halides is 6. The number of urea groups is 1. The van der Waals surface area contributed by atoms with Crippen LogP contribution in [0.2, 0.25) is 0 Å². The number of carboxylic acid groups (broad SMARTS) is 1. The molecule has 0 radical (unpaired) electrons. The maximum atomic E-state index is 13.2. The second-order valence-electron chi connectivity index (χ2n) is 9.29. The Bertz CT molecular complexity index is 1460. The summed E-state index contributed by atoms with van der Waals surface area (Å²) >= 11 is 0. The third-order valence-corrected chi connectivity index (χ3v) is 6.37. The van der Waals surface area contributed by atoms with Crippen molar-refractivity contribution in [2.45, 2.75) is 38.0 Å². The maximum Gasteiger partial charge on any atom is 0.416 e. The first-order valence-corrected chi connectivity index (χ1v) is 11.7. The number of amides is 2. The number of aliphatic carboxylic acids is 1. The van der Waals surface area contributed by atoms with Gasteiger partial charge in [0.25, 0.3) is 0 Å². The van der Waals surface area contributed by atoms with Gasteiger partial charge in [-0.25, -0.2) is 9.78 Å². The Morgan fingerprint density at radius 1 is 0.975 bits per heavy atom. The summed E-state index contributed by atoms with van der Waals surface area (Å²) < 4.78 is 78.2. The summed E-state index contributed by atoms with van der Waals surface area (Å²) in [6.45, 7) is 0. The Kier molecular flexibility index (Phi) is 7.55. The molecule has 2 amide bonds. The maximum absolute atomic E-state index is 13.2. The second-order valence-corrected chi connectivity index (χ2v) is 9.29. The molecule has 3 aromatic rings. The smallest absolute Gasteiger partial charge is 0.416 e. The SMILES string of the molecule is O=C(O)C[C@]1(CC(F)(F)F)CCc2cc(-c3cnc(NC(=O)Nc4cccc(C(F)(F)F)c4)cn3)ccc2C1=O. The Balaban J connectivity index is 1.47. The molecule has 0 aliphatic heterocycles. The summed E-state index contributed by atoms with van der Waals surface area (Å²) in [5.41, 5.74) is -1.89. The first kappa shape index (κ1) is 28.5. The molecule has 1 atom stereocenters. The van der Waals surface area contributed by atoms with Crippen LogP contribution in [-0.2, 0) is 17.4 Å². The van der Waals surface area contributed by atoms with Crippen LogP contribution in [0, 0.1) is 5.41 Å². The molecule has 1 heterocycles. The number of hydrogen-bond donors (Lipinski definition) is 3. The number of carbonyl (C=O) groups is 3. The van der Waals surface area contributed by atoms with Crippen LogP contribution >= 0.6 is 0 Å². The number of nitrogens with one attached hydrogen (secondary N) is 2. The number of halogens is 6. The molecule has 0 bridgehead atoms. The molecule has 0 spiro atoms. The number of nitrogens with zero attached hydrogens (tertiary/aromatic N) is 2. The molecule has 40 heavy (non-hydrogen) atoms. The number of rotatable bonds is 6. The number of carbonyl (C=O) groups excluding carboxylic acids is 2. The first-order chi connectivity index (χ1) is 18.6. The van der Waals surface area contributed by atoms with Crippen LogP contribution < -0.4 is 10.6 Å². The predicted octanol–water partition coefficient (Wildman–Crippen LogP) is 6.35. The number of Topliss-reactive ketones (excluding diaryl/α,β-unsaturated/α-hetero) is 1. The summed E-state index contributed by atoms with van der Waals surface area (Å²) in [6, 6.07) is 7.51. The summed E-state index contributed by atoms with van der Waals surface area (Å²) in [4.78, 5) is 44.7. The molecule has 2 aromatic carbocycles. The zero-order valence-electron chi connectivity index (χ0n) is 20.4. The summed E-state index contributed by atoms with van der Waals surface area (Å²) in [5, 5.41) is 13.8. The molecule has 0 fully saturated rings. The number of carboxylic acids is 1. The molecule has 1 aromatic heterocycles. The van der Waals surface area contributed by atoms with Crippen LogP contribution in [0.5, 0.6) is 0 Å². The number of anilines is 2. The lowest BCUT2D eigenvalue weighted by Gasteiger charge is -2.36. The van der Waals surface area contributed by atoms with E-state index in [0.717, 1.165) is 18.2 Å². The Hall–Kier alpha value is -4.49. The van der Waals surface area contributed by atoms with Gasteiger partial charge in [0.05, 0.1) is 41.9 Å². The Morgan fingerprint density at radius 3 is 2.35 bits per heavy atom. The fourth-order valence-electron chi connectivity index (χ4n) is 4.62. The van der Waals surface area contributed by atoms with Crippen molar-refractivity contribution in [2.24, 2.45) is 5.41 Å². The van der Waals surface area contributed by atoms with Gasteiger partial charge in [-0.15, -0.1) is 0 Å². The predicted molar refractivity (Wildman–Crippen MR) is 130 cm³/mol. The quantitative estimate of drug-likeness (QED) is 0.299. The molecule has 0 saturated carbocycles. The minimum Gasteiger partial charge on any atom is -0.481 e. The van der Waals surface area contributed by atoms with Crippen molar-refractivity contribution in [3.63, 3.8) is 0 Å². The van der Waals surface area contributed by atoms with Crippen molar-refractivity contribution in [3.8, 4) is 11.3 Å². The zero-order valence-corrected chi connectivity index (χ0v) is 20.4. The zero-order chi connectivity index (χ0) is 29.3. The fourth-order valence-corrected chi connectivity index (χ4v) is 4.62. The van der Waals surface area contributed by atoms with E-state index in [-0.39, 0.29) is 29.9 Å². The molecule has 0 unspecified atom stereocenters. The highest BCUT2D eigenvalue weighted by atomic mass is 19.4. The van der Waals surface area contributed by atoms with E-state index in [1.54, 1.807) is 6.07 Å². The number of benzene rings is 2. The average molecular weight is 566 g/mol. The van der Waals surface area contributed by atoms with E-state index in [1.165, 1.54) is 30.6 Å². The highest BCUT2D eigenvalue weighted by Gasteiger charge is 2.51. The summed E-state index contributed by atoms with van der Waals surface area (Å²) in [5.74, 6) is -2.39. The molecule has 1 aliphatic carbocycles. The van der Waals surface area contributed by atoms with E-state index in [0.29, 0.717) is 16.8 Å². The Morgan fingerprint density at radius 2 is 1.73 bits per heavy atom. The van der Waals surface area contributed by atoms with Gasteiger partial charge >= 0.3 is 24.4 Å². The van der Waals surface area contributed by atoms with Crippen LogP contribution in [0.15, 0.2) is 54.9 Å². The van der Waals surface area contributed by atoms with Crippen LogP contribution in [0.1, 0.15) is 40.7 Å². The van der Waals surface area contributed by atoms with E-state index in [9.17, 15) is 45.8 Å². The van der Waals surface area contributed by atoms with Crippen LogP contribution in [-0.4, -0.2) is 39.0 Å². The van der Waals surface area contributed by atoms with Crippen molar-refractivity contribution < 1.29 is 45.8 Å². The molecule has 0 saturated heterocycles. The van der Waals surface area contributed by atoms with Crippen molar-refractivity contribution in [3.05, 3.63) is 71.5 Å².